The third-order valence-corrected chi connectivity index (χ3v) is 5.55. The van der Waals surface area contributed by atoms with Gasteiger partial charge >= 0.3 is 0 Å². The lowest BCUT2D eigenvalue weighted by atomic mass is 10.1. The minimum Gasteiger partial charge on any atom is -0.497 e. The summed E-state index contributed by atoms with van der Waals surface area (Å²) in [6, 6.07) is 17.8. The number of aromatic nitrogens is 3. The van der Waals surface area contributed by atoms with E-state index in [0.717, 1.165) is 50.7 Å². The van der Waals surface area contributed by atoms with E-state index in [-0.39, 0.29) is 12.3 Å². The third kappa shape index (κ3) is 4.14. The lowest BCUT2D eigenvalue weighted by Crippen LogP contribution is -2.25. The van der Waals surface area contributed by atoms with Crippen LogP contribution < -0.4 is 10.1 Å². The van der Waals surface area contributed by atoms with E-state index >= 15 is 0 Å². The summed E-state index contributed by atoms with van der Waals surface area (Å²) in [5, 5.41) is 7.71. The molecule has 0 fully saturated rings. The van der Waals surface area contributed by atoms with Crippen LogP contribution in [-0.4, -0.2) is 27.6 Å². The van der Waals surface area contributed by atoms with Crippen molar-refractivity contribution >= 4 is 11.6 Å². The van der Waals surface area contributed by atoms with Crippen molar-refractivity contribution in [3.05, 3.63) is 82.8 Å². The zero-order chi connectivity index (χ0) is 22.0. The van der Waals surface area contributed by atoms with Crippen LogP contribution in [-0.2, 0) is 17.8 Å². The predicted octanol–water partition coefficient (Wildman–Crippen LogP) is 4.19. The monoisotopic (exact) mass is 414 g/mol. The molecule has 1 amide bonds. The number of carbonyl (C=O) groups excluding carboxylic acids is 1. The molecule has 158 valence electrons. The third-order valence-electron chi connectivity index (χ3n) is 5.55. The lowest BCUT2D eigenvalue weighted by molar-refractivity contribution is -0.120. The number of fused-ring (bicyclic) bond motifs is 1. The van der Waals surface area contributed by atoms with Crippen LogP contribution in [0.3, 0.4) is 0 Å². The Morgan fingerprint density at radius 2 is 1.71 bits per heavy atom. The second-order valence-electron chi connectivity index (χ2n) is 7.62. The number of nitrogens with one attached hydrogen (secondary N) is 1. The van der Waals surface area contributed by atoms with E-state index in [0.29, 0.717) is 6.54 Å². The molecule has 0 aliphatic rings. The summed E-state index contributed by atoms with van der Waals surface area (Å²) < 4.78 is 7.03. The fourth-order valence-corrected chi connectivity index (χ4v) is 3.83. The van der Waals surface area contributed by atoms with Gasteiger partial charge in [-0.3, -0.25) is 4.79 Å². The molecule has 0 aliphatic heterocycles. The van der Waals surface area contributed by atoms with Crippen LogP contribution in [0.1, 0.15) is 28.2 Å². The fraction of sp³-hybridized carbons (Fsp3) is 0.240. The molecule has 0 atom stereocenters. The van der Waals surface area contributed by atoms with Gasteiger partial charge in [-0.25, -0.2) is 9.50 Å². The van der Waals surface area contributed by atoms with Crippen LogP contribution in [0.25, 0.3) is 16.8 Å². The zero-order valence-corrected chi connectivity index (χ0v) is 18.3. The number of aryl methyl sites for hydroxylation is 3. The summed E-state index contributed by atoms with van der Waals surface area (Å²) in [4.78, 5) is 17.5. The van der Waals surface area contributed by atoms with Crippen LogP contribution in [0, 0.1) is 20.8 Å². The molecule has 4 aromatic rings. The van der Waals surface area contributed by atoms with Gasteiger partial charge in [0.1, 0.15) is 5.75 Å². The molecule has 31 heavy (non-hydrogen) atoms. The maximum Gasteiger partial charge on any atom is 0.224 e. The first-order chi connectivity index (χ1) is 15.0. The first-order valence-electron chi connectivity index (χ1n) is 10.3. The molecule has 6 heteroatoms. The second-order valence-corrected chi connectivity index (χ2v) is 7.62. The number of rotatable bonds is 6. The molecule has 1 N–H and O–H groups in total. The summed E-state index contributed by atoms with van der Waals surface area (Å²) in [5.74, 6) is 0.750. The van der Waals surface area contributed by atoms with Crippen LogP contribution in [0.5, 0.6) is 5.75 Å². The largest absolute Gasteiger partial charge is 0.497 e. The highest BCUT2D eigenvalue weighted by molar-refractivity contribution is 5.82. The van der Waals surface area contributed by atoms with Crippen molar-refractivity contribution in [1.82, 2.24) is 19.9 Å². The highest BCUT2D eigenvalue weighted by Gasteiger charge is 2.19. The number of nitrogens with zero attached hydrogens (tertiary/aromatic N) is 3. The first-order valence-corrected chi connectivity index (χ1v) is 10.3. The molecule has 6 nitrogen and oxygen atoms in total. The number of methoxy groups -OCH3 is 1. The van der Waals surface area contributed by atoms with E-state index in [2.05, 4.69) is 17.4 Å². The molecular weight excluding hydrogens is 388 g/mol. The van der Waals surface area contributed by atoms with E-state index in [4.69, 9.17) is 14.8 Å². The summed E-state index contributed by atoms with van der Waals surface area (Å²) in [5.41, 5.74) is 7.57. The van der Waals surface area contributed by atoms with Gasteiger partial charge in [0.25, 0.3) is 0 Å². The van der Waals surface area contributed by atoms with Gasteiger partial charge < -0.3 is 10.1 Å². The van der Waals surface area contributed by atoms with Crippen LogP contribution >= 0.6 is 0 Å². The van der Waals surface area contributed by atoms with Gasteiger partial charge in [-0.1, -0.05) is 42.5 Å². The first kappa shape index (κ1) is 20.6. The molecule has 0 bridgehead atoms. The normalized spacial score (nSPS) is 11.0. The molecule has 0 aliphatic carbocycles. The standard InChI is InChI=1S/C25H26N4O2/c1-16-22(14-23(30)26-15-19-10-12-21(31-4)13-11-19)18(3)29-25(27-16)24(17(2)28-29)20-8-6-5-7-9-20/h5-13H,14-15H2,1-4H3,(H,26,30). The topological polar surface area (TPSA) is 68.5 Å². The summed E-state index contributed by atoms with van der Waals surface area (Å²) in [6.07, 6.45) is 0.260. The molecule has 4 rings (SSSR count). The van der Waals surface area contributed by atoms with E-state index in [1.165, 1.54) is 0 Å². The summed E-state index contributed by atoms with van der Waals surface area (Å²) in [6.45, 7) is 6.41. The highest BCUT2D eigenvalue weighted by Crippen LogP contribution is 2.29. The van der Waals surface area contributed by atoms with Crippen LogP contribution in [0.15, 0.2) is 54.6 Å². The van der Waals surface area contributed by atoms with Crippen molar-refractivity contribution in [3.63, 3.8) is 0 Å². The maximum atomic E-state index is 12.6. The van der Waals surface area contributed by atoms with E-state index < -0.39 is 0 Å². The lowest BCUT2D eigenvalue weighted by Gasteiger charge is -2.12. The smallest absolute Gasteiger partial charge is 0.224 e. The van der Waals surface area contributed by atoms with Gasteiger partial charge in [0, 0.05) is 29.1 Å². The Hall–Kier alpha value is -3.67. The fourth-order valence-electron chi connectivity index (χ4n) is 3.83. The highest BCUT2D eigenvalue weighted by atomic mass is 16.5. The number of hydrogen-bond donors (Lipinski definition) is 1. The molecular formula is C25H26N4O2. The van der Waals surface area contributed by atoms with Crippen molar-refractivity contribution in [1.29, 1.82) is 0 Å². The average molecular weight is 415 g/mol. The minimum atomic E-state index is -0.0460. The van der Waals surface area contributed by atoms with Gasteiger partial charge in [-0.2, -0.15) is 5.10 Å². The minimum absolute atomic E-state index is 0.0460. The molecule has 0 saturated heterocycles. The van der Waals surface area contributed by atoms with Crippen molar-refractivity contribution in [2.24, 2.45) is 0 Å². The Bertz CT molecular complexity index is 1230. The Balaban J connectivity index is 1.57. The molecule has 0 unspecified atom stereocenters. The van der Waals surface area contributed by atoms with Crippen molar-refractivity contribution in [2.75, 3.05) is 7.11 Å². The number of ether oxygens (including phenoxy) is 1. The van der Waals surface area contributed by atoms with Crippen molar-refractivity contribution in [2.45, 2.75) is 33.7 Å². The molecule has 2 aromatic heterocycles. The van der Waals surface area contributed by atoms with Crippen molar-refractivity contribution < 1.29 is 9.53 Å². The molecule has 0 saturated carbocycles. The quantitative estimate of drug-likeness (QED) is 0.514. The molecule has 0 radical (unpaired) electrons. The van der Waals surface area contributed by atoms with Gasteiger partial charge in [0.05, 0.1) is 19.2 Å². The average Bonchev–Trinajstić information content (AvgIpc) is 3.12. The van der Waals surface area contributed by atoms with Crippen LogP contribution in [0.2, 0.25) is 0 Å². The van der Waals surface area contributed by atoms with Gasteiger partial charge in [0.15, 0.2) is 5.65 Å². The Morgan fingerprint density at radius 1 is 1.00 bits per heavy atom. The number of benzene rings is 2. The van der Waals surface area contributed by atoms with E-state index in [1.54, 1.807) is 7.11 Å². The Kier molecular flexibility index (Phi) is 5.71. The SMILES string of the molecule is COc1ccc(CNC(=O)Cc2c(C)nc3c(-c4ccccc4)c(C)nn3c2C)cc1. The Labute approximate surface area is 181 Å². The number of amides is 1. The summed E-state index contributed by atoms with van der Waals surface area (Å²) in [7, 11) is 1.64. The maximum absolute atomic E-state index is 12.6. The number of hydrogen-bond acceptors (Lipinski definition) is 4. The van der Waals surface area contributed by atoms with Gasteiger partial charge in [-0.15, -0.1) is 0 Å². The van der Waals surface area contributed by atoms with Gasteiger partial charge in [-0.05, 0) is 44.0 Å². The molecule has 2 heterocycles. The molecule has 2 aromatic carbocycles. The van der Waals surface area contributed by atoms with Gasteiger partial charge in [0.2, 0.25) is 5.91 Å². The van der Waals surface area contributed by atoms with Crippen LogP contribution in [0.4, 0.5) is 0 Å². The summed E-state index contributed by atoms with van der Waals surface area (Å²) >= 11 is 0. The number of carbonyl (C=O) groups is 1. The predicted molar refractivity (Wildman–Crippen MR) is 121 cm³/mol. The Morgan fingerprint density at radius 3 is 2.39 bits per heavy atom. The second kappa shape index (κ2) is 8.60. The van der Waals surface area contributed by atoms with E-state index in [9.17, 15) is 4.79 Å². The zero-order valence-electron chi connectivity index (χ0n) is 18.3. The van der Waals surface area contributed by atoms with Crippen molar-refractivity contribution in [3.8, 4) is 16.9 Å². The van der Waals surface area contributed by atoms with E-state index in [1.807, 2.05) is 67.8 Å². The molecule has 0 spiro atoms.